The van der Waals surface area contributed by atoms with E-state index in [0.29, 0.717) is 11.3 Å². The lowest BCUT2D eigenvalue weighted by molar-refractivity contribution is -0.137. The first-order valence-electron chi connectivity index (χ1n) is 5.73. The number of imidazole rings is 1. The summed E-state index contributed by atoms with van der Waals surface area (Å²) in [6.45, 7) is 0. The summed E-state index contributed by atoms with van der Waals surface area (Å²) in [4.78, 5) is 3.91. The summed E-state index contributed by atoms with van der Waals surface area (Å²) in [6, 6.07) is 8.27. The number of aromatic nitrogens is 3. The zero-order chi connectivity index (χ0) is 14.3. The number of rotatable bonds is 1. The van der Waals surface area contributed by atoms with Crippen molar-refractivity contribution in [3.63, 3.8) is 0 Å². The van der Waals surface area contributed by atoms with Gasteiger partial charge in [0.2, 0.25) is 5.95 Å². The van der Waals surface area contributed by atoms with E-state index in [2.05, 4.69) is 10.1 Å². The molecule has 4 nitrogen and oxygen atoms in total. The van der Waals surface area contributed by atoms with Crippen LogP contribution in [0.3, 0.4) is 0 Å². The summed E-state index contributed by atoms with van der Waals surface area (Å²) >= 11 is 0. The Morgan fingerprint density at radius 3 is 2.35 bits per heavy atom. The van der Waals surface area contributed by atoms with Crippen LogP contribution >= 0.6 is 0 Å². The van der Waals surface area contributed by atoms with Crippen LogP contribution in [0.4, 0.5) is 19.1 Å². The largest absolute Gasteiger partial charge is 0.416 e. The zero-order valence-electron chi connectivity index (χ0n) is 10.1. The molecule has 3 aromatic rings. The van der Waals surface area contributed by atoms with Crippen molar-refractivity contribution in [1.82, 2.24) is 14.6 Å². The van der Waals surface area contributed by atoms with E-state index in [1.807, 2.05) is 0 Å². The third-order valence-electron chi connectivity index (χ3n) is 2.92. The van der Waals surface area contributed by atoms with Crippen LogP contribution < -0.4 is 5.73 Å². The summed E-state index contributed by atoms with van der Waals surface area (Å²) in [5, 5.41) is 4.24. The fraction of sp³-hybridized carbons (Fsp3) is 0.0769. The van der Waals surface area contributed by atoms with E-state index < -0.39 is 11.7 Å². The van der Waals surface area contributed by atoms with Gasteiger partial charge in [-0.25, -0.2) is 4.98 Å². The number of nitrogens with zero attached hydrogens (tertiary/aromatic N) is 3. The van der Waals surface area contributed by atoms with E-state index in [1.165, 1.54) is 16.6 Å². The summed E-state index contributed by atoms with van der Waals surface area (Å²) in [7, 11) is 0. The van der Waals surface area contributed by atoms with Crippen molar-refractivity contribution in [2.24, 2.45) is 0 Å². The van der Waals surface area contributed by atoms with Gasteiger partial charge in [0.15, 0.2) is 0 Å². The van der Waals surface area contributed by atoms with Gasteiger partial charge in [0.25, 0.3) is 0 Å². The quantitative estimate of drug-likeness (QED) is 0.744. The monoisotopic (exact) mass is 278 g/mol. The maximum atomic E-state index is 12.5. The van der Waals surface area contributed by atoms with Gasteiger partial charge in [-0.05, 0) is 24.3 Å². The Morgan fingerprint density at radius 1 is 1.00 bits per heavy atom. The first-order valence-corrected chi connectivity index (χ1v) is 5.73. The molecule has 0 aliphatic rings. The zero-order valence-corrected chi connectivity index (χ0v) is 10.1. The SMILES string of the molecule is Nc1ncc2ccc(-c3ccc(C(F)(F)F)cc3)nn12. The Bertz CT molecular complexity index is 759. The van der Waals surface area contributed by atoms with Gasteiger partial charge in [0, 0.05) is 5.56 Å². The van der Waals surface area contributed by atoms with Crippen LogP contribution in [0.15, 0.2) is 42.6 Å². The molecular weight excluding hydrogens is 269 g/mol. The van der Waals surface area contributed by atoms with Crippen LogP contribution in [0, 0.1) is 0 Å². The molecule has 0 unspecified atom stereocenters. The van der Waals surface area contributed by atoms with Crippen molar-refractivity contribution in [2.75, 3.05) is 5.73 Å². The van der Waals surface area contributed by atoms with Crippen molar-refractivity contribution in [1.29, 1.82) is 0 Å². The Labute approximate surface area is 111 Å². The van der Waals surface area contributed by atoms with Gasteiger partial charge < -0.3 is 5.73 Å². The number of alkyl halides is 3. The number of anilines is 1. The molecule has 0 spiro atoms. The molecule has 0 atom stereocenters. The second-order valence-electron chi connectivity index (χ2n) is 4.25. The molecule has 102 valence electrons. The molecule has 2 heterocycles. The number of hydrogen-bond acceptors (Lipinski definition) is 3. The number of fused-ring (bicyclic) bond motifs is 1. The molecule has 0 fully saturated rings. The maximum absolute atomic E-state index is 12.5. The Balaban J connectivity index is 2.04. The van der Waals surface area contributed by atoms with Crippen molar-refractivity contribution in [2.45, 2.75) is 6.18 Å². The van der Waals surface area contributed by atoms with Crippen molar-refractivity contribution < 1.29 is 13.2 Å². The summed E-state index contributed by atoms with van der Waals surface area (Å²) in [5.74, 6) is 0.230. The number of benzene rings is 1. The molecule has 2 aromatic heterocycles. The summed E-state index contributed by atoms with van der Waals surface area (Å²) < 4.78 is 38.9. The molecule has 7 heteroatoms. The van der Waals surface area contributed by atoms with E-state index in [0.717, 1.165) is 17.6 Å². The van der Waals surface area contributed by atoms with Crippen molar-refractivity contribution in [3.05, 3.63) is 48.2 Å². The molecule has 0 saturated carbocycles. The Morgan fingerprint density at radius 2 is 1.70 bits per heavy atom. The highest BCUT2D eigenvalue weighted by Gasteiger charge is 2.30. The normalized spacial score (nSPS) is 11.9. The van der Waals surface area contributed by atoms with Crippen molar-refractivity contribution >= 4 is 11.5 Å². The molecule has 0 radical (unpaired) electrons. The van der Waals surface area contributed by atoms with Gasteiger partial charge >= 0.3 is 6.18 Å². The van der Waals surface area contributed by atoms with Crippen LogP contribution in [0.1, 0.15) is 5.56 Å². The number of halogens is 3. The lowest BCUT2D eigenvalue weighted by atomic mass is 10.1. The molecule has 0 amide bonds. The minimum absolute atomic E-state index is 0.230. The first kappa shape index (κ1) is 12.5. The highest BCUT2D eigenvalue weighted by atomic mass is 19.4. The van der Waals surface area contributed by atoms with Gasteiger partial charge in [0.05, 0.1) is 23.0 Å². The number of nitrogen functional groups attached to an aromatic ring is 1. The van der Waals surface area contributed by atoms with Gasteiger partial charge in [0.1, 0.15) is 0 Å². The maximum Gasteiger partial charge on any atom is 0.416 e. The van der Waals surface area contributed by atoms with Gasteiger partial charge in [-0.15, -0.1) is 0 Å². The smallest absolute Gasteiger partial charge is 0.368 e. The molecule has 0 aliphatic heterocycles. The lowest BCUT2D eigenvalue weighted by Crippen LogP contribution is -2.04. The highest BCUT2D eigenvalue weighted by Crippen LogP contribution is 2.30. The lowest BCUT2D eigenvalue weighted by Gasteiger charge is -2.07. The molecule has 20 heavy (non-hydrogen) atoms. The average molecular weight is 278 g/mol. The van der Waals surface area contributed by atoms with Crippen LogP contribution in [0.25, 0.3) is 16.8 Å². The molecular formula is C13H9F3N4. The Hall–Kier alpha value is -2.57. The number of nitrogens with two attached hydrogens (primary N) is 1. The van der Waals surface area contributed by atoms with E-state index in [4.69, 9.17) is 5.73 Å². The minimum Gasteiger partial charge on any atom is -0.368 e. The molecule has 3 rings (SSSR count). The van der Waals surface area contributed by atoms with Crippen LogP contribution in [0.5, 0.6) is 0 Å². The summed E-state index contributed by atoms with van der Waals surface area (Å²) in [6.07, 6.45) is -2.77. The topological polar surface area (TPSA) is 56.2 Å². The second kappa shape index (κ2) is 4.22. The Kier molecular flexibility index (Phi) is 2.63. The molecule has 0 aliphatic carbocycles. The van der Waals surface area contributed by atoms with Gasteiger partial charge in [-0.3, -0.25) is 0 Å². The minimum atomic E-state index is -4.34. The second-order valence-corrected chi connectivity index (χ2v) is 4.25. The first-order chi connectivity index (χ1) is 9.45. The number of hydrogen-bond donors (Lipinski definition) is 1. The van der Waals surface area contributed by atoms with E-state index in [1.54, 1.807) is 18.3 Å². The van der Waals surface area contributed by atoms with Crippen LogP contribution in [-0.2, 0) is 6.18 Å². The van der Waals surface area contributed by atoms with Crippen molar-refractivity contribution in [3.8, 4) is 11.3 Å². The molecule has 2 N–H and O–H groups in total. The van der Waals surface area contributed by atoms with E-state index in [-0.39, 0.29) is 5.95 Å². The molecule has 0 bridgehead atoms. The summed E-state index contributed by atoms with van der Waals surface area (Å²) in [5.41, 5.74) is 6.78. The fourth-order valence-electron chi connectivity index (χ4n) is 1.89. The van der Waals surface area contributed by atoms with Crippen LogP contribution in [0.2, 0.25) is 0 Å². The van der Waals surface area contributed by atoms with E-state index >= 15 is 0 Å². The van der Waals surface area contributed by atoms with E-state index in [9.17, 15) is 13.2 Å². The molecule has 1 aromatic carbocycles. The standard InChI is InChI=1S/C13H9F3N4/c14-13(15,16)9-3-1-8(2-4-9)11-6-5-10-7-18-12(17)20(10)19-11/h1-7H,(H2,17,18). The fourth-order valence-corrected chi connectivity index (χ4v) is 1.89. The predicted molar refractivity (Wildman–Crippen MR) is 67.8 cm³/mol. The third kappa shape index (κ3) is 2.07. The average Bonchev–Trinajstić information content (AvgIpc) is 2.79. The molecule has 0 saturated heterocycles. The predicted octanol–water partition coefficient (Wildman–Crippen LogP) is 3.00. The van der Waals surface area contributed by atoms with Gasteiger partial charge in [-0.1, -0.05) is 12.1 Å². The van der Waals surface area contributed by atoms with Gasteiger partial charge in [-0.2, -0.15) is 22.8 Å². The third-order valence-corrected chi connectivity index (χ3v) is 2.92. The highest BCUT2D eigenvalue weighted by molar-refractivity contribution is 5.62. The van der Waals surface area contributed by atoms with Crippen LogP contribution in [-0.4, -0.2) is 14.6 Å².